The second-order valence-electron chi connectivity index (χ2n) is 5.90. The average Bonchev–Trinajstić information content (AvgIpc) is 2.88. The van der Waals surface area contributed by atoms with Crippen molar-refractivity contribution in [2.24, 2.45) is 11.1 Å². The van der Waals surface area contributed by atoms with Crippen LogP contribution in [0, 0.1) is 11.8 Å². The number of fused-ring (bicyclic) bond motifs is 1. The Bertz CT molecular complexity index is 484. The maximum absolute atomic E-state index is 12.0. The van der Waals surface area contributed by atoms with E-state index in [9.17, 15) is 14.4 Å². The third kappa shape index (κ3) is 2.47. The second kappa shape index (κ2) is 5.01. The lowest BCUT2D eigenvalue weighted by Crippen LogP contribution is -2.56. The standard InChI is InChI=1S/C14H19N2O4/c1-13(2,12(15)19)7-5-11(18)16-14-6-3-4-10(14)20-8-9(14)17/h3-5,10H,6-8H2,1-2H3,(H2,15,19)(H,16,18). The molecule has 0 aromatic carbocycles. The number of carbonyl (C=O) groups is 3. The Morgan fingerprint density at radius 1 is 1.60 bits per heavy atom. The molecule has 1 aliphatic carbocycles. The molecular weight excluding hydrogens is 260 g/mol. The highest BCUT2D eigenvalue weighted by molar-refractivity contribution is 5.99. The summed E-state index contributed by atoms with van der Waals surface area (Å²) in [6.07, 6.45) is 5.25. The molecule has 2 atom stereocenters. The summed E-state index contributed by atoms with van der Waals surface area (Å²) < 4.78 is 5.34. The molecule has 109 valence electrons. The van der Waals surface area contributed by atoms with E-state index in [0.717, 1.165) is 0 Å². The summed E-state index contributed by atoms with van der Waals surface area (Å²) in [7, 11) is 0. The summed E-state index contributed by atoms with van der Waals surface area (Å²) in [4.78, 5) is 35.1. The van der Waals surface area contributed by atoms with E-state index in [1.165, 1.54) is 6.42 Å². The number of ketones is 1. The number of nitrogens with one attached hydrogen (secondary N) is 1. The van der Waals surface area contributed by atoms with Gasteiger partial charge < -0.3 is 15.8 Å². The van der Waals surface area contributed by atoms with Crippen LogP contribution in [0.15, 0.2) is 12.2 Å². The lowest BCUT2D eigenvalue weighted by atomic mass is 9.86. The first-order valence-electron chi connectivity index (χ1n) is 6.55. The van der Waals surface area contributed by atoms with Gasteiger partial charge in [0.1, 0.15) is 18.2 Å². The predicted octanol–water partition coefficient (Wildman–Crippen LogP) is -0.125. The fraction of sp³-hybridized carbons (Fsp3) is 0.571. The first-order chi connectivity index (χ1) is 9.28. The zero-order valence-corrected chi connectivity index (χ0v) is 11.6. The maximum Gasteiger partial charge on any atom is 0.224 e. The van der Waals surface area contributed by atoms with Gasteiger partial charge in [0.2, 0.25) is 11.8 Å². The quantitative estimate of drug-likeness (QED) is 0.685. The van der Waals surface area contributed by atoms with E-state index in [1.807, 2.05) is 6.08 Å². The minimum absolute atomic E-state index is 0.0159. The van der Waals surface area contributed by atoms with Crippen LogP contribution in [0.3, 0.4) is 0 Å². The normalized spacial score (nSPS) is 28.5. The Labute approximate surface area is 117 Å². The molecule has 0 aromatic heterocycles. The van der Waals surface area contributed by atoms with Gasteiger partial charge in [0.25, 0.3) is 0 Å². The van der Waals surface area contributed by atoms with Gasteiger partial charge in [0.15, 0.2) is 5.78 Å². The number of ether oxygens (including phenoxy) is 1. The third-order valence-corrected chi connectivity index (χ3v) is 3.94. The molecule has 0 bridgehead atoms. The zero-order chi connectivity index (χ0) is 15.0. The van der Waals surface area contributed by atoms with E-state index >= 15 is 0 Å². The van der Waals surface area contributed by atoms with E-state index in [2.05, 4.69) is 5.32 Å². The molecule has 1 fully saturated rings. The minimum atomic E-state index is -0.968. The van der Waals surface area contributed by atoms with Gasteiger partial charge in [-0.25, -0.2) is 0 Å². The Hall–Kier alpha value is -1.69. The van der Waals surface area contributed by atoms with Crippen LogP contribution in [0.4, 0.5) is 0 Å². The number of hydrogen-bond acceptors (Lipinski definition) is 4. The van der Waals surface area contributed by atoms with Gasteiger partial charge >= 0.3 is 0 Å². The molecule has 2 unspecified atom stereocenters. The van der Waals surface area contributed by atoms with Crippen LogP contribution in [-0.4, -0.2) is 35.8 Å². The van der Waals surface area contributed by atoms with Gasteiger partial charge in [0.05, 0.1) is 6.42 Å². The summed E-state index contributed by atoms with van der Waals surface area (Å²) in [6.45, 7) is 3.35. The molecule has 2 aliphatic rings. The molecule has 0 aromatic rings. The first-order valence-corrected chi connectivity index (χ1v) is 6.55. The van der Waals surface area contributed by atoms with Crippen LogP contribution < -0.4 is 11.1 Å². The van der Waals surface area contributed by atoms with Crippen molar-refractivity contribution in [3.63, 3.8) is 0 Å². The van der Waals surface area contributed by atoms with Crippen molar-refractivity contribution in [1.82, 2.24) is 5.32 Å². The number of hydrogen-bond donors (Lipinski definition) is 2. The van der Waals surface area contributed by atoms with Gasteiger partial charge in [-0.1, -0.05) is 26.0 Å². The Kier molecular flexibility index (Phi) is 3.69. The van der Waals surface area contributed by atoms with Gasteiger partial charge in [-0.3, -0.25) is 14.4 Å². The molecule has 6 heteroatoms. The summed E-state index contributed by atoms with van der Waals surface area (Å²) in [5, 5.41) is 2.73. The molecule has 6 nitrogen and oxygen atoms in total. The highest BCUT2D eigenvalue weighted by Crippen LogP contribution is 2.33. The van der Waals surface area contributed by atoms with Crippen molar-refractivity contribution in [3.8, 4) is 0 Å². The summed E-state index contributed by atoms with van der Waals surface area (Å²) in [5.74, 6) is -0.976. The number of primary amides is 1. The molecule has 1 aliphatic heterocycles. The molecule has 1 saturated heterocycles. The van der Waals surface area contributed by atoms with Gasteiger partial charge in [-0.2, -0.15) is 0 Å². The highest BCUT2D eigenvalue weighted by atomic mass is 16.5. The molecule has 2 amide bonds. The van der Waals surface area contributed by atoms with Crippen molar-refractivity contribution >= 4 is 17.6 Å². The van der Waals surface area contributed by atoms with E-state index in [4.69, 9.17) is 10.5 Å². The topological polar surface area (TPSA) is 98.5 Å². The number of carbonyl (C=O) groups excluding carboxylic acids is 3. The Balaban J connectivity index is 1.95. The summed E-state index contributed by atoms with van der Waals surface area (Å²) in [5.41, 5.74) is 3.49. The van der Waals surface area contributed by atoms with Crippen molar-refractivity contribution in [2.45, 2.75) is 38.3 Å². The van der Waals surface area contributed by atoms with Crippen LogP contribution in [0.2, 0.25) is 0 Å². The average molecular weight is 279 g/mol. The number of Topliss-reactive ketones (excluding diaryl/α,β-unsaturated/α-hetero) is 1. The monoisotopic (exact) mass is 279 g/mol. The largest absolute Gasteiger partial charge is 0.369 e. The lowest BCUT2D eigenvalue weighted by Gasteiger charge is -2.28. The van der Waals surface area contributed by atoms with Crippen LogP contribution in [0.1, 0.15) is 26.7 Å². The van der Waals surface area contributed by atoms with E-state index in [-0.39, 0.29) is 24.7 Å². The van der Waals surface area contributed by atoms with E-state index in [1.54, 1.807) is 19.9 Å². The third-order valence-electron chi connectivity index (χ3n) is 3.94. The zero-order valence-electron chi connectivity index (χ0n) is 11.6. The molecule has 20 heavy (non-hydrogen) atoms. The fourth-order valence-electron chi connectivity index (χ4n) is 2.33. The molecule has 0 spiro atoms. The molecule has 0 saturated carbocycles. The smallest absolute Gasteiger partial charge is 0.224 e. The fourth-order valence-corrected chi connectivity index (χ4v) is 2.33. The van der Waals surface area contributed by atoms with Gasteiger partial charge in [-0.05, 0) is 12.8 Å². The van der Waals surface area contributed by atoms with Crippen molar-refractivity contribution in [3.05, 3.63) is 18.6 Å². The molecule has 2 rings (SSSR count). The van der Waals surface area contributed by atoms with Gasteiger partial charge in [0, 0.05) is 5.41 Å². The van der Waals surface area contributed by atoms with Crippen LogP contribution in [-0.2, 0) is 19.1 Å². The Morgan fingerprint density at radius 2 is 2.30 bits per heavy atom. The highest BCUT2D eigenvalue weighted by Gasteiger charge is 2.52. The summed E-state index contributed by atoms with van der Waals surface area (Å²) >= 11 is 0. The number of rotatable bonds is 5. The van der Waals surface area contributed by atoms with Crippen molar-refractivity contribution in [1.29, 1.82) is 0 Å². The predicted molar refractivity (Wildman–Crippen MR) is 71.3 cm³/mol. The lowest BCUT2D eigenvalue weighted by molar-refractivity contribution is -0.129. The first kappa shape index (κ1) is 14.7. The molecule has 1 radical (unpaired) electrons. The number of nitrogens with two attached hydrogens (primary N) is 1. The van der Waals surface area contributed by atoms with Gasteiger partial charge in [-0.15, -0.1) is 0 Å². The SMILES string of the molecule is CC(C)(C[CH]C(=O)NC12CC=CC1OCC2=O)C(N)=O. The Morgan fingerprint density at radius 3 is 2.95 bits per heavy atom. The van der Waals surface area contributed by atoms with Crippen LogP contribution >= 0.6 is 0 Å². The van der Waals surface area contributed by atoms with Crippen molar-refractivity contribution in [2.75, 3.05) is 6.61 Å². The minimum Gasteiger partial charge on any atom is -0.369 e. The second-order valence-corrected chi connectivity index (χ2v) is 5.90. The van der Waals surface area contributed by atoms with E-state index < -0.39 is 23.0 Å². The van der Waals surface area contributed by atoms with Crippen molar-refractivity contribution < 1.29 is 19.1 Å². The van der Waals surface area contributed by atoms with E-state index in [0.29, 0.717) is 6.42 Å². The summed E-state index contributed by atoms with van der Waals surface area (Å²) in [6, 6.07) is 0. The number of amides is 2. The molecule has 1 heterocycles. The van der Waals surface area contributed by atoms with Crippen LogP contribution in [0.5, 0.6) is 0 Å². The molecule has 3 N–H and O–H groups in total. The maximum atomic E-state index is 12.0. The molecular formula is C14H19N2O4. The van der Waals surface area contributed by atoms with Crippen LogP contribution in [0.25, 0.3) is 0 Å².